The number of hydrogen-bond donors (Lipinski definition) is 0. The summed E-state index contributed by atoms with van der Waals surface area (Å²) >= 11 is 6.44. The zero-order chi connectivity index (χ0) is 14.6. The van der Waals surface area contributed by atoms with E-state index in [1.165, 1.54) is 13.1 Å². The Balaban J connectivity index is 3.00. The largest absolute Gasteiger partial charge is 0.465 e. The van der Waals surface area contributed by atoms with E-state index in [1.807, 2.05) is 0 Å². The predicted octanol–water partition coefficient (Wildman–Crippen LogP) is 2.40. The van der Waals surface area contributed by atoms with Gasteiger partial charge in [-0.15, -0.1) is 0 Å². The number of rotatable bonds is 5. The van der Waals surface area contributed by atoms with Crippen molar-refractivity contribution in [3.8, 4) is 0 Å². The Labute approximate surface area is 129 Å². The Hall–Kier alpha value is -0.440. The van der Waals surface area contributed by atoms with Crippen LogP contribution in [0.15, 0.2) is 32.0 Å². The molecular weight excluding hydrogens is 402 g/mol. The highest BCUT2D eigenvalue weighted by molar-refractivity contribution is 9.11. The first-order valence-corrected chi connectivity index (χ1v) is 8.38. The molecule has 8 heteroatoms. The van der Waals surface area contributed by atoms with Crippen molar-refractivity contribution >= 4 is 47.9 Å². The third-order valence-electron chi connectivity index (χ3n) is 2.24. The molecule has 0 unspecified atom stereocenters. The van der Waals surface area contributed by atoms with Gasteiger partial charge in [-0.2, -0.15) is 4.31 Å². The molecule has 1 aromatic rings. The molecule has 0 heterocycles. The van der Waals surface area contributed by atoms with E-state index in [-0.39, 0.29) is 18.0 Å². The molecule has 0 aliphatic heterocycles. The van der Waals surface area contributed by atoms with Crippen molar-refractivity contribution in [2.45, 2.75) is 11.8 Å². The second-order valence-electron chi connectivity index (χ2n) is 3.64. The fraction of sp³-hybridized carbons (Fsp3) is 0.364. The van der Waals surface area contributed by atoms with Gasteiger partial charge in [0.05, 0.1) is 11.5 Å². The lowest BCUT2D eigenvalue weighted by Crippen LogP contribution is -2.33. The summed E-state index contributed by atoms with van der Waals surface area (Å²) in [6.07, 6.45) is 0. The number of nitrogens with zero attached hydrogens (tertiary/aromatic N) is 1. The number of ether oxygens (including phenoxy) is 1. The molecule has 0 atom stereocenters. The van der Waals surface area contributed by atoms with Gasteiger partial charge in [-0.25, -0.2) is 8.42 Å². The van der Waals surface area contributed by atoms with Gasteiger partial charge in [-0.3, -0.25) is 4.79 Å². The van der Waals surface area contributed by atoms with Crippen LogP contribution in [0.1, 0.15) is 6.92 Å². The lowest BCUT2D eigenvalue weighted by Gasteiger charge is -2.17. The number of halogens is 2. The second-order valence-corrected chi connectivity index (χ2v) is 7.42. The van der Waals surface area contributed by atoms with Crippen molar-refractivity contribution in [3.63, 3.8) is 0 Å². The topological polar surface area (TPSA) is 63.7 Å². The minimum Gasteiger partial charge on any atom is -0.465 e. The Morgan fingerprint density at radius 2 is 2.00 bits per heavy atom. The fourth-order valence-electron chi connectivity index (χ4n) is 1.33. The maximum Gasteiger partial charge on any atom is 0.321 e. The highest BCUT2D eigenvalue weighted by atomic mass is 79.9. The summed E-state index contributed by atoms with van der Waals surface area (Å²) in [6.45, 7) is 1.56. The summed E-state index contributed by atoms with van der Waals surface area (Å²) in [6, 6.07) is 4.71. The number of carbonyl (C=O) groups excluding carboxylic acids is 1. The Kier molecular flexibility index (Phi) is 5.97. The molecule has 106 valence electrons. The highest BCUT2D eigenvalue weighted by Gasteiger charge is 2.25. The number of carbonyl (C=O) groups is 1. The van der Waals surface area contributed by atoms with Gasteiger partial charge in [0.2, 0.25) is 10.0 Å². The quantitative estimate of drug-likeness (QED) is 0.694. The summed E-state index contributed by atoms with van der Waals surface area (Å²) < 4.78 is 31.4. The molecule has 19 heavy (non-hydrogen) atoms. The van der Waals surface area contributed by atoms with Crippen LogP contribution in [0.3, 0.4) is 0 Å². The molecule has 5 nitrogen and oxygen atoms in total. The van der Waals surface area contributed by atoms with Gasteiger partial charge in [0.25, 0.3) is 0 Å². The number of likely N-dealkylation sites (N-methyl/N-ethyl adjacent to an activating group) is 1. The normalized spacial score (nSPS) is 11.6. The monoisotopic (exact) mass is 413 g/mol. The molecule has 0 bridgehead atoms. The molecule has 0 aromatic heterocycles. The van der Waals surface area contributed by atoms with Gasteiger partial charge in [-0.05, 0) is 41.1 Å². The third-order valence-corrected chi connectivity index (χ3v) is 5.51. The summed E-state index contributed by atoms with van der Waals surface area (Å²) in [7, 11) is -2.40. The van der Waals surface area contributed by atoms with E-state index >= 15 is 0 Å². The summed E-state index contributed by atoms with van der Waals surface area (Å²) in [4.78, 5) is 11.4. The van der Waals surface area contributed by atoms with Crippen LogP contribution in [-0.2, 0) is 19.6 Å². The van der Waals surface area contributed by atoms with Crippen LogP contribution >= 0.6 is 31.9 Å². The zero-order valence-corrected chi connectivity index (χ0v) is 14.4. The standard InChI is InChI=1S/C11H13Br2NO4S/c1-3-18-11(15)7-14(2)19(16,17)10-5-4-8(12)6-9(10)13/h4-6H,3,7H2,1-2H3. The lowest BCUT2D eigenvalue weighted by atomic mass is 10.4. The van der Waals surface area contributed by atoms with Crippen LogP contribution in [0, 0.1) is 0 Å². The average molecular weight is 415 g/mol. The molecule has 0 saturated heterocycles. The first-order valence-electron chi connectivity index (χ1n) is 5.36. The van der Waals surface area contributed by atoms with Gasteiger partial charge < -0.3 is 4.74 Å². The van der Waals surface area contributed by atoms with Crippen molar-refractivity contribution in [2.75, 3.05) is 20.2 Å². The van der Waals surface area contributed by atoms with Gasteiger partial charge >= 0.3 is 5.97 Å². The van der Waals surface area contributed by atoms with Gasteiger partial charge in [0.1, 0.15) is 6.54 Å². The van der Waals surface area contributed by atoms with E-state index < -0.39 is 16.0 Å². The Morgan fingerprint density at radius 3 is 2.53 bits per heavy atom. The zero-order valence-electron chi connectivity index (χ0n) is 10.4. The van der Waals surface area contributed by atoms with Crippen LogP contribution in [0.4, 0.5) is 0 Å². The molecule has 0 amide bonds. The minimum absolute atomic E-state index is 0.0995. The fourth-order valence-corrected chi connectivity index (χ4v) is 4.14. The van der Waals surface area contributed by atoms with Crippen LogP contribution in [0.25, 0.3) is 0 Å². The number of hydrogen-bond acceptors (Lipinski definition) is 4. The van der Waals surface area contributed by atoms with Crippen molar-refractivity contribution in [1.82, 2.24) is 4.31 Å². The lowest BCUT2D eigenvalue weighted by molar-refractivity contribution is -0.143. The summed E-state index contributed by atoms with van der Waals surface area (Å²) in [5.74, 6) is -0.582. The molecular formula is C11H13Br2NO4S. The van der Waals surface area contributed by atoms with E-state index in [0.717, 1.165) is 8.78 Å². The van der Waals surface area contributed by atoms with E-state index in [0.29, 0.717) is 4.47 Å². The van der Waals surface area contributed by atoms with Crippen LogP contribution < -0.4 is 0 Å². The van der Waals surface area contributed by atoms with Crippen LogP contribution in [0.5, 0.6) is 0 Å². The van der Waals surface area contributed by atoms with E-state index in [2.05, 4.69) is 31.9 Å². The van der Waals surface area contributed by atoms with Crippen LogP contribution in [-0.4, -0.2) is 38.9 Å². The first-order chi connectivity index (χ1) is 8.78. The molecule has 0 N–H and O–H groups in total. The van der Waals surface area contributed by atoms with Gasteiger partial charge in [0, 0.05) is 16.0 Å². The highest BCUT2D eigenvalue weighted by Crippen LogP contribution is 2.27. The number of esters is 1. The molecule has 1 rings (SSSR count). The average Bonchev–Trinajstić information content (AvgIpc) is 2.28. The Morgan fingerprint density at radius 1 is 1.37 bits per heavy atom. The first kappa shape index (κ1) is 16.6. The van der Waals surface area contributed by atoms with Gasteiger partial charge in [-0.1, -0.05) is 15.9 Å². The van der Waals surface area contributed by atoms with Crippen LogP contribution in [0.2, 0.25) is 0 Å². The number of benzene rings is 1. The third kappa shape index (κ3) is 4.27. The molecule has 0 spiro atoms. The molecule has 1 aromatic carbocycles. The van der Waals surface area contributed by atoms with Crippen molar-refractivity contribution in [2.24, 2.45) is 0 Å². The van der Waals surface area contributed by atoms with E-state index in [4.69, 9.17) is 4.74 Å². The van der Waals surface area contributed by atoms with Gasteiger partial charge in [0.15, 0.2) is 0 Å². The second kappa shape index (κ2) is 6.83. The van der Waals surface area contributed by atoms with E-state index in [9.17, 15) is 13.2 Å². The molecule has 0 fully saturated rings. The molecule has 0 aliphatic rings. The maximum atomic E-state index is 12.3. The van der Waals surface area contributed by atoms with Crippen molar-refractivity contribution in [1.29, 1.82) is 0 Å². The maximum absolute atomic E-state index is 12.3. The van der Waals surface area contributed by atoms with Crippen molar-refractivity contribution in [3.05, 3.63) is 27.1 Å². The summed E-state index contributed by atoms with van der Waals surface area (Å²) in [5.41, 5.74) is 0. The molecule has 0 saturated carbocycles. The Bertz CT molecular complexity index is 574. The SMILES string of the molecule is CCOC(=O)CN(C)S(=O)(=O)c1ccc(Br)cc1Br. The minimum atomic E-state index is -3.74. The number of sulfonamides is 1. The molecule has 0 radical (unpaired) electrons. The predicted molar refractivity (Wildman–Crippen MR) is 78.3 cm³/mol. The van der Waals surface area contributed by atoms with E-state index in [1.54, 1.807) is 19.1 Å². The van der Waals surface area contributed by atoms with Crippen molar-refractivity contribution < 1.29 is 17.9 Å². The summed E-state index contributed by atoms with van der Waals surface area (Å²) in [5, 5.41) is 0. The smallest absolute Gasteiger partial charge is 0.321 e. The molecule has 0 aliphatic carbocycles.